The van der Waals surface area contributed by atoms with Crippen LogP contribution in [0.4, 0.5) is 0 Å². The fourth-order valence-corrected chi connectivity index (χ4v) is 4.66. The van der Waals surface area contributed by atoms with Gasteiger partial charge in [-0.2, -0.15) is 0 Å². The topological polar surface area (TPSA) is 137 Å². The van der Waals surface area contributed by atoms with Gasteiger partial charge >= 0.3 is 0 Å². The lowest BCUT2D eigenvalue weighted by Crippen LogP contribution is -2.54. The van der Waals surface area contributed by atoms with Gasteiger partial charge in [0.2, 0.25) is 17.7 Å². The summed E-state index contributed by atoms with van der Waals surface area (Å²) in [6.07, 6.45) is 6.89. The van der Waals surface area contributed by atoms with E-state index in [0.717, 1.165) is 54.1 Å². The molecular formula is C27H32N4O4. The van der Waals surface area contributed by atoms with Gasteiger partial charge in [0.05, 0.1) is 6.04 Å². The molecule has 3 aromatic rings. The van der Waals surface area contributed by atoms with Gasteiger partial charge in [0.1, 0.15) is 11.8 Å². The third kappa shape index (κ3) is 6.27. The van der Waals surface area contributed by atoms with Crippen molar-refractivity contribution in [3.63, 3.8) is 0 Å². The second-order valence-corrected chi connectivity index (χ2v) is 9.29. The third-order valence-electron chi connectivity index (χ3n) is 6.68. The number of benzene rings is 2. The van der Waals surface area contributed by atoms with Gasteiger partial charge in [0.25, 0.3) is 0 Å². The SMILES string of the molecule is N[C@@H](Cc1ccc(O)cc1)C(=O)N[C@H](Cc1c[nH]c2ccccc12)C(=O)NC(=O)C1CCCCC1. The first-order chi connectivity index (χ1) is 16.9. The van der Waals surface area contributed by atoms with Gasteiger partial charge < -0.3 is 21.1 Å². The zero-order valence-electron chi connectivity index (χ0n) is 19.6. The summed E-state index contributed by atoms with van der Waals surface area (Å²) in [5, 5.41) is 15.7. The molecule has 2 aromatic carbocycles. The summed E-state index contributed by atoms with van der Waals surface area (Å²) in [5.41, 5.74) is 8.71. The summed E-state index contributed by atoms with van der Waals surface area (Å²) in [6.45, 7) is 0. The van der Waals surface area contributed by atoms with Gasteiger partial charge in [-0.1, -0.05) is 49.6 Å². The zero-order chi connectivity index (χ0) is 24.8. The molecule has 0 aliphatic heterocycles. The molecule has 4 rings (SSSR count). The normalized spacial score (nSPS) is 15.9. The van der Waals surface area contributed by atoms with E-state index in [1.54, 1.807) is 12.1 Å². The van der Waals surface area contributed by atoms with Crippen LogP contribution in [0.5, 0.6) is 5.75 Å². The molecule has 184 valence electrons. The Morgan fingerprint density at radius 2 is 1.69 bits per heavy atom. The number of imide groups is 1. The van der Waals surface area contributed by atoms with Crippen molar-refractivity contribution in [2.75, 3.05) is 0 Å². The van der Waals surface area contributed by atoms with Crippen LogP contribution in [-0.2, 0) is 27.2 Å². The van der Waals surface area contributed by atoms with Crippen LogP contribution in [0.1, 0.15) is 43.2 Å². The van der Waals surface area contributed by atoms with E-state index in [-0.39, 0.29) is 30.4 Å². The van der Waals surface area contributed by atoms with Crippen LogP contribution in [0.15, 0.2) is 54.7 Å². The highest BCUT2D eigenvalue weighted by Crippen LogP contribution is 2.24. The number of hydrogen-bond donors (Lipinski definition) is 5. The molecule has 1 fully saturated rings. The molecule has 3 amide bonds. The predicted molar refractivity (Wildman–Crippen MR) is 133 cm³/mol. The highest BCUT2D eigenvalue weighted by molar-refractivity contribution is 6.00. The average molecular weight is 477 g/mol. The molecule has 0 radical (unpaired) electrons. The molecule has 6 N–H and O–H groups in total. The van der Waals surface area contributed by atoms with Crippen molar-refractivity contribution in [2.24, 2.45) is 11.7 Å². The van der Waals surface area contributed by atoms with E-state index in [1.807, 2.05) is 30.5 Å². The second-order valence-electron chi connectivity index (χ2n) is 9.29. The zero-order valence-corrected chi connectivity index (χ0v) is 19.6. The Bertz CT molecular complexity index is 1180. The highest BCUT2D eigenvalue weighted by Gasteiger charge is 2.29. The largest absolute Gasteiger partial charge is 0.508 e. The molecule has 0 bridgehead atoms. The summed E-state index contributed by atoms with van der Waals surface area (Å²) >= 11 is 0. The first kappa shape index (κ1) is 24.5. The quantitative estimate of drug-likeness (QED) is 0.340. The third-order valence-corrected chi connectivity index (χ3v) is 6.68. The maximum Gasteiger partial charge on any atom is 0.249 e. The molecular weight excluding hydrogens is 444 g/mol. The summed E-state index contributed by atoms with van der Waals surface area (Å²) in [7, 11) is 0. The summed E-state index contributed by atoms with van der Waals surface area (Å²) < 4.78 is 0. The minimum absolute atomic E-state index is 0.130. The number of fused-ring (bicyclic) bond motifs is 1. The molecule has 1 saturated carbocycles. The van der Waals surface area contributed by atoms with Crippen molar-refractivity contribution in [3.8, 4) is 5.75 Å². The molecule has 8 heteroatoms. The van der Waals surface area contributed by atoms with Gasteiger partial charge in [-0.3, -0.25) is 19.7 Å². The second kappa shape index (κ2) is 11.2. The number of aromatic hydroxyl groups is 1. The number of aromatic nitrogens is 1. The Hall–Kier alpha value is -3.65. The molecule has 2 atom stereocenters. The van der Waals surface area contributed by atoms with Crippen LogP contribution in [-0.4, -0.2) is 39.9 Å². The number of amides is 3. The Labute approximate surface area is 204 Å². The van der Waals surface area contributed by atoms with Gasteiger partial charge in [0.15, 0.2) is 0 Å². The lowest BCUT2D eigenvalue weighted by atomic mass is 9.88. The lowest BCUT2D eigenvalue weighted by Gasteiger charge is -2.23. The molecule has 8 nitrogen and oxygen atoms in total. The first-order valence-corrected chi connectivity index (χ1v) is 12.1. The summed E-state index contributed by atoms with van der Waals surface area (Å²) in [6, 6.07) is 12.3. The van der Waals surface area contributed by atoms with Crippen molar-refractivity contribution >= 4 is 28.6 Å². The number of rotatable bonds is 8. The van der Waals surface area contributed by atoms with Gasteiger partial charge in [-0.15, -0.1) is 0 Å². The number of H-pyrrole nitrogens is 1. The molecule has 0 spiro atoms. The molecule has 0 unspecified atom stereocenters. The van der Waals surface area contributed by atoms with E-state index in [2.05, 4.69) is 15.6 Å². The Kier molecular flexibility index (Phi) is 7.82. The van der Waals surface area contributed by atoms with E-state index in [0.29, 0.717) is 0 Å². The highest BCUT2D eigenvalue weighted by atomic mass is 16.3. The van der Waals surface area contributed by atoms with E-state index < -0.39 is 23.9 Å². The molecule has 1 aromatic heterocycles. The maximum atomic E-state index is 13.2. The number of carbonyl (C=O) groups is 3. The van der Waals surface area contributed by atoms with Crippen molar-refractivity contribution in [1.82, 2.24) is 15.6 Å². The lowest BCUT2D eigenvalue weighted by molar-refractivity contribution is -0.136. The Morgan fingerprint density at radius 1 is 0.971 bits per heavy atom. The van der Waals surface area contributed by atoms with E-state index in [4.69, 9.17) is 5.73 Å². The van der Waals surface area contributed by atoms with Crippen molar-refractivity contribution in [3.05, 3.63) is 65.9 Å². The van der Waals surface area contributed by atoms with Crippen molar-refractivity contribution < 1.29 is 19.5 Å². The van der Waals surface area contributed by atoms with Crippen LogP contribution >= 0.6 is 0 Å². The van der Waals surface area contributed by atoms with Gasteiger partial charge in [-0.05, 0) is 48.6 Å². The first-order valence-electron chi connectivity index (χ1n) is 12.1. The van der Waals surface area contributed by atoms with Crippen LogP contribution in [0.25, 0.3) is 10.9 Å². The standard InChI is InChI=1S/C27H32N4O4/c28-22(14-17-10-12-20(32)13-11-17)26(34)30-24(15-19-16-29-23-9-5-4-8-21(19)23)27(35)31-25(33)18-6-2-1-3-7-18/h4-5,8-13,16,18,22,24,29,32H,1-3,6-7,14-15,28H2,(H,30,34)(H,31,33,35)/t22-,24+/m0/s1. The number of para-hydroxylation sites is 1. The van der Waals surface area contributed by atoms with Crippen molar-refractivity contribution in [1.29, 1.82) is 0 Å². The van der Waals surface area contributed by atoms with Crippen molar-refractivity contribution in [2.45, 2.75) is 57.0 Å². The van der Waals surface area contributed by atoms with Crippen LogP contribution < -0.4 is 16.4 Å². The molecule has 35 heavy (non-hydrogen) atoms. The fourth-order valence-electron chi connectivity index (χ4n) is 4.66. The summed E-state index contributed by atoms with van der Waals surface area (Å²) in [5.74, 6) is -1.33. The van der Waals surface area contributed by atoms with Crippen LogP contribution in [0.3, 0.4) is 0 Å². The number of nitrogens with two attached hydrogens (primary N) is 1. The van der Waals surface area contributed by atoms with Gasteiger partial charge in [-0.25, -0.2) is 0 Å². The number of aromatic amines is 1. The van der Waals surface area contributed by atoms with E-state index in [1.165, 1.54) is 12.1 Å². The minimum Gasteiger partial charge on any atom is -0.508 e. The molecule has 1 heterocycles. The molecule has 1 aliphatic carbocycles. The number of nitrogens with one attached hydrogen (secondary N) is 3. The maximum absolute atomic E-state index is 13.2. The monoisotopic (exact) mass is 476 g/mol. The number of hydrogen-bond acceptors (Lipinski definition) is 5. The van der Waals surface area contributed by atoms with E-state index in [9.17, 15) is 19.5 Å². The van der Waals surface area contributed by atoms with Crippen LogP contribution in [0.2, 0.25) is 0 Å². The number of phenols is 1. The summed E-state index contributed by atoms with van der Waals surface area (Å²) in [4.78, 5) is 42.0. The Balaban J connectivity index is 1.48. The number of carbonyl (C=O) groups excluding carboxylic acids is 3. The molecule has 1 aliphatic rings. The number of phenolic OH excluding ortho intramolecular Hbond substituents is 1. The Morgan fingerprint density at radius 3 is 2.43 bits per heavy atom. The molecule has 0 saturated heterocycles. The van der Waals surface area contributed by atoms with E-state index >= 15 is 0 Å². The fraction of sp³-hybridized carbons (Fsp3) is 0.370. The van der Waals surface area contributed by atoms with Gasteiger partial charge in [0, 0.05) is 29.4 Å². The predicted octanol–water partition coefficient (Wildman–Crippen LogP) is 2.69. The smallest absolute Gasteiger partial charge is 0.249 e. The average Bonchev–Trinajstić information content (AvgIpc) is 3.28. The van der Waals surface area contributed by atoms with Crippen LogP contribution in [0, 0.1) is 5.92 Å². The minimum atomic E-state index is -0.958.